The number of hydrogen-bond donors (Lipinski definition) is 2. The second-order valence-electron chi connectivity index (χ2n) is 5.43. The lowest BCUT2D eigenvalue weighted by Crippen LogP contribution is -2.33. The van der Waals surface area contributed by atoms with Crippen LogP contribution in [0.15, 0.2) is 18.2 Å². The molecule has 0 atom stereocenters. The van der Waals surface area contributed by atoms with E-state index >= 15 is 0 Å². The van der Waals surface area contributed by atoms with E-state index in [2.05, 4.69) is 28.1 Å². The van der Waals surface area contributed by atoms with Crippen molar-refractivity contribution in [1.82, 2.24) is 10.2 Å². The zero-order chi connectivity index (χ0) is 15.1. The minimum atomic E-state index is 0.234. The summed E-state index contributed by atoms with van der Waals surface area (Å²) >= 11 is 6.47. The Hall–Kier alpha value is -0.810. The summed E-state index contributed by atoms with van der Waals surface area (Å²) in [7, 11) is 0. The van der Waals surface area contributed by atoms with Crippen molar-refractivity contribution in [2.24, 2.45) is 0 Å². The van der Waals surface area contributed by atoms with E-state index in [0.717, 1.165) is 57.3 Å². The topological polar surface area (TPSA) is 38.7 Å². The molecular formula is C16H26ClN3O. The molecule has 2 N–H and O–H groups in total. The van der Waals surface area contributed by atoms with Crippen molar-refractivity contribution in [3.8, 4) is 0 Å². The molecule has 1 fully saturated rings. The van der Waals surface area contributed by atoms with E-state index in [1.54, 1.807) is 0 Å². The van der Waals surface area contributed by atoms with Crippen molar-refractivity contribution < 1.29 is 5.11 Å². The van der Waals surface area contributed by atoms with Gasteiger partial charge in [0.1, 0.15) is 0 Å². The number of nitrogens with zero attached hydrogens (tertiary/aromatic N) is 2. The third kappa shape index (κ3) is 4.58. The van der Waals surface area contributed by atoms with E-state index in [1.165, 1.54) is 11.3 Å². The highest BCUT2D eigenvalue weighted by molar-refractivity contribution is 6.33. The van der Waals surface area contributed by atoms with Crippen LogP contribution in [0.5, 0.6) is 0 Å². The van der Waals surface area contributed by atoms with Gasteiger partial charge in [0.05, 0.1) is 17.3 Å². The smallest absolute Gasteiger partial charge is 0.0642 e. The van der Waals surface area contributed by atoms with Gasteiger partial charge >= 0.3 is 0 Å². The Kier molecular flexibility index (Phi) is 6.77. The van der Waals surface area contributed by atoms with E-state index in [1.807, 2.05) is 12.1 Å². The number of β-amino-alcohol motifs (C(OH)–C–C–N with tert-alkyl or cyclic N) is 1. The molecule has 21 heavy (non-hydrogen) atoms. The Bertz CT molecular complexity index is 442. The molecule has 0 amide bonds. The first-order valence-corrected chi connectivity index (χ1v) is 8.20. The van der Waals surface area contributed by atoms with Crippen molar-refractivity contribution >= 4 is 17.3 Å². The Morgan fingerprint density at radius 2 is 2.10 bits per heavy atom. The summed E-state index contributed by atoms with van der Waals surface area (Å²) < 4.78 is 0. The fourth-order valence-electron chi connectivity index (χ4n) is 2.88. The highest BCUT2D eigenvalue weighted by Gasteiger charge is 2.19. The number of aliphatic hydroxyl groups excluding tert-OH is 1. The minimum absolute atomic E-state index is 0.234. The zero-order valence-corrected chi connectivity index (χ0v) is 13.6. The van der Waals surface area contributed by atoms with Gasteiger partial charge in [-0.3, -0.25) is 4.90 Å². The number of para-hydroxylation sites is 1. The predicted molar refractivity (Wildman–Crippen MR) is 89.2 cm³/mol. The summed E-state index contributed by atoms with van der Waals surface area (Å²) in [6, 6.07) is 6.15. The van der Waals surface area contributed by atoms with Gasteiger partial charge in [-0.1, -0.05) is 30.7 Å². The van der Waals surface area contributed by atoms with Crippen LogP contribution < -0.4 is 10.2 Å². The third-order valence-electron chi connectivity index (χ3n) is 3.96. The molecule has 1 saturated heterocycles. The molecule has 0 bridgehead atoms. The van der Waals surface area contributed by atoms with E-state index < -0.39 is 0 Å². The van der Waals surface area contributed by atoms with E-state index in [9.17, 15) is 0 Å². The number of halogens is 1. The van der Waals surface area contributed by atoms with Gasteiger partial charge in [0.2, 0.25) is 0 Å². The molecule has 0 aromatic heterocycles. The molecule has 1 aromatic carbocycles. The van der Waals surface area contributed by atoms with E-state index in [4.69, 9.17) is 16.7 Å². The summed E-state index contributed by atoms with van der Waals surface area (Å²) in [6.07, 6.45) is 1.10. The van der Waals surface area contributed by atoms with Crippen LogP contribution in [0.1, 0.15) is 18.9 Å². The Morgan fingerprint density at radius 3 is 2.86 bits per heavy atom. The quantitative estimate of drug-likeness (QED) is 0.842. The van der Waals surface area contributed by atoms with Crippen LogP contribution in [0.25, 0.3) is 0 Å². The van der Waals surface area contributed by atoms with Gasteiger partial charge in [-0.15, -0.1) is 0 Å². The van der Waals surface area contributed by atoms with Gasteiger partial charge in [0, 0.05) is 32.7 Å². The second kappa shape index (κ2) is 8.59. The van der Waals surface area contributed by atoms with Crippen molar-refractivity contribution in [2.45, 2.75) is 19.9 Å². The molecule has 0 saturated carbocycles. The molecule has 1 aliphatic rings. The summed E-state index contributed by atoms with van der Waals surface area (Å²) in [4.78, 5) is 4.72. The van der Waals surface area contributed by atoms with Gasteiger partial charge < -0.3 is 15.3 Å². The predicted octanol–water partition coefficient (Wildman–Crippen LogP) is 1.95. The van der Waals surface area contributed by atoms with E-state index in [0.29, 0.717) is 0 Å². The maximum absolute atomic E-state index is 9.09. The van der Waals surface area contributed by atoms with E-state index in [-0.39, 0.29) is 6.61 Å². The maximum Gasteiger partial charge on any atom is 0.0642 e. The molecular weight excluding hydrogens is 286 g/mol. The SMILES string of the molecule is CCNCc1cccc(Cl)c1N1CCCN(CCO)CC1. The number of hydrogen-bond acceptors (Lipinski definition) is 4. The van der Waals surface area contributed by atoms with Gasteiger partial charge in [0.25, 0.3) is 0 Å². The second-order valence-corrected chi connectivity index (χ2v) is 5.84. The van der Waals surface area contributed by atoms with Gasteiger partial charge in [-0.25, -0.2) is 0 Å². The van der Waals surface area contributed by atoms with Crippen LogP contribution >= 0.6 is 11.6 Å². The number of rotatable bonds is 6. The molecule has 118 valence electrons. The summed E-state index contributed by atoms with van der Waals surface area (Å²) in [6.45, 7) is 8.92. The minimum Gasteiger partial charge on any atom is -0.395 e. The lowest BCUT2D eigenvalue weighted by molar-refractivity contribution is 0.204. The zero-order valence-electron chi connectivity index (χ0n) is 12.8. The third-order valence-corrected chi connectivity index (χ3v) is 4.26. The first-order valence-electron chi connectivity index (χ1n) is 7.82. The number of benzene rings is 1. The Labute approximate surface area is 132 Å². The fourth-order valence-corrected chi connectivity index (χ4v) is 3.19. The van der Waals surface area contributed by atoms with Crippen LogP contribution in [-0.2, 0) is 6.54 Å². The summed E-state index contributed by atoms with van der Waals surface area (Å²) in [5, 5.41) is 13.3. The molecule has 0 spiro atoms. The van der Waals surface area contributed by atoms with Gasteiger partial charge in [-0.2, -0.15) is 0 Å². The lowest BCUT2D eigenvalue weighted by atomic mass is 10.1. The molecule has 4 nitrogen and oxygen atoms in total. The van der Waals surface area contributed by atoms with Crippen molar-refractivity contribution in [2.75, 3.05) is 50.8 Å². The maximum atomic E-state index is 9.09. The fraction of sp³-hybridized carbons (Fsp3) is 0.625. The average Bonchev–Trinajstić information content (AvgIpc) is 2.71. The first-order chi connectivity index (χ1) is 10.3. The molecule has 1 heterocycles. The van der Waals surface area contributed by atoms with Crippen molar-refractivity contribution in [1.29, 1.82) is 0 Å². The van der Waals surface area contributed by atoms with Crippen molar-refractivity contribution in [3.05, 3.63) is 28.8 Å². The molecule has 0 radical (unpaired) electrons. The number of aliphatic hydroxyl groups is 1. The lowest BCUT2D eigenvalue weighted by Gasteiger charge is -2.27. The molecule has 1 aromatic rings. The molecule has 5 heteroatoms. The highest BCUT2D eigenvalue weighted by Crippen LogP contribution is 2.30. The van der Waals surface area contributed by atoms with Gasteiger partial charge in [0.15, 0.2) is 0 Å². The summed E-state index contributed by atoms with van der Waals surface area (Å²) in [5.41, 5.74) is 2.44. The van der Waals surface area contributed by atoms with Crippen LogP contribution in [0, 0.1) is 0 Å². The van der Waals surface area contributed by atoms with Crippen LogP contribution in [-0.4, -0.2) is 55.9 Å². The number of anilines is 1. The standard InChI is InChI=1S/C16H26ClN3O/c1-2-18-13-14-5-3-6-15(17)16(14)20-8-4-7-19(9-10-20)11-12-21/h3,5-6,18,21H,2,4,7-13H2,1H3. The molecule has 0 unspecified atom stereocenters. The highest BCUT2D eigenvalue weighted by atomic mass is 35.5. The Balaban J connectivity index is 2.12. The Morgan fingerprint density at radius 1 is 1.24 bits per heavy atom. The van der Waals surface area contributed by atoms with Crippen LogP contribution in [0.2, 0.25) is 5.02 Å². The largest absolute Gasteiger partial charge is 0.395 e. The van der Waals surface area contributed by atoms with Crippen LogP contribution in [0.4, 0.5) is 5.69 Å². The molecule has 0 aliphatic carbocycles. The monoisotopic (exact) mass is 311 g/mol. The normalized spacial score (nSPS) is 17.0. The molecule has 2 rings (SSSR count). The summed E-state index contributed by atoms with van der Waals surface area (Å²) in [5.74, 6) is 0. The number of nitrogens with one attached hydrogen (secondary N) is 1. The first kappa shape index (κ1) is 16.6. The van der Waals surface area contributed by atoms with Crippen molar-refractivity contribution in [3.63, 3.8) is 0 Å². The molecule has 1 aliphatic heterocycles. The average molecular weight is 312 g/mol. The van der Waals surface area contributed by atoms with Crippen LogP contribution in [0.3, 0.4) is 0 Å². The van der Waals surface area contributed by atoms with Gasteiger partial charge in [-0.05, 0) is 31.1 Å².